The standard InChI is InChI=1S/C10H15NO/c1-8(11)7-9-5-3-4-6-10(9)12-2/h3-6,8H,7,11H2,1-2H3/i5+1. The fourth-order valence-corrected chi connectivity index (χ4v) is 1.22. The lowest BCUT2D eigenvalue weighted by atomic mass is 10.1. The van der Waals surface area contributed by atoms with E-state index in [1.54, 1.807) is 7.11 Å². The largest absolute Gasteiger partial charge is 0.496 e. The van der Waals surface area contributed by atoms with Gasteiger partial charge < -0.3 is 10.5 Å². The number of para-hydroxylation sites is 1. The van der Waals surface area contributed by atoms with Gasteiger partial charge in [-0.3, -0.25) is 0 Å². The van der Waals surface area contributed by atoms with Gasteiger partial charge in [-0.15, -0.1) is 0 Å². The third kappa shape index (κ3) is 2.24. The van der Waals surface area contributed by atoms with Gasteiger partial charge in [0.15, 0.2) is 0 Å². The molecule has 0 aliphatic rings. The Hall–Kier alpha value is -1.02. The normalized spacial score (nSPS) is 12.6. The average molecular weight is 166 g/mol. The minimum atomic E-state index is 0.182. The van der Waals surface area contributed by atoms with Crippen LogP contribution in [0.3, 0.4) is 0 Å². The number of hydrogen-bond acceptors (Lipinski definition) is 2. The lowest BCUT2D eigenvalue weighted by molar-refractivity contribution is 0.408. The van der Waals surface area contributed by atoms with Crippen molar-refractivity contribution in [3.8, 4) is 5.75 Å². The van der Waals surface area contributed by atoms with Crippen LogP contribution in [-0.4, -0.2) is 13.2 Å². The molecule has 66 valence electrons. The molecule has 0 aromatic heterocycles. The average Bonchev–Trinajstić information content (AvgIpc) is 2.04. The van der Waals surface area contributed by atoms with E-state index in [1.165, 1.54) is 5.56 Å². The molecule has 2 nitrogen and oxygen atoms in total. The molecule has 0 aliphatic carbocycles. The Bertz CT molecular complexity index is 245. The van der Waals surface area contributed by atoms with Gasteiger partial charge in [-0.2, -0.15) is 0 Å². The zero-order valence-corrected chi connectivity index (χ0v) is 7.58. The molecular formula is C10H15NO. The number of hydrogen-bond donors (Lipinski definition) is 1. The summed E-state index contributed by atoms with van der Waals surface area (Å²) >= 11 is 0. The number of ether oxygens (including phenoxy) is 1. The number of rotatable bonds is 3. The van der Waals surface area contributed by atoms with E-state index in [0.717, 1.165) is 12.2 Å². The van der Waals surface area contributed by atoms with Gasteiger partial charge >= 0.3 is 0 Å². The maximum absolute atomic E-state index is 5.69. The van der Waals surface area contributed by atoms with Crippen molar-refractivity contribution in [3.05, 3.63) is 29.8 Å². The van der Waals surface area contributed by atoms with Gasteiger partial charge in [-0.05, 0) is 25.0 Å². The first-order valence-electron chi connectivity index (χ1n) is 4.11. The van der Waals surface area contributed by atoms with Gasteiger partial charge in [0.25, 0.3) is 0 Å². The summed E-state index contributed by atoms with van der Waals surface area (Å²) in [7, 11) is 1.68. The van der Waals surface area contributed by atoms with Crippen LogP contribution in [0.5, 0.6) is 5.75 Å². The first-order chi connectivity index (χ1) is 5.74. The monoisotopic (exact) mass is 166 g/mol. The van der Waals surface area contributed by atoms with Crippen molar-refractivity contribution in [3.63, 3.8) is 0 Å². The molecule has 1 rings (SSSR count). The molecule has 1 atom stereocenters. The highest BCUT2D eigenvalue weighted by molar-refractivity contribution is 5.33. The van der Waals surface area contributed by atoms with E-state index in [1.807, 2.05) is 31.2 Å². The molecule has 0 amide bonds. The quantitative estimate of drug-likeness (QED) is 0.740. The van der Waals surface area contributed by atoms with E-state index in [0.29, 0.717) is 0 Å². The maximum atomic E-state index is 5.69. The minimum Gasteiger partial charge on any atom is -0.496 e. The number of benzene rings is 1. The van der Waals surface area contributed by atoms with Crippen molar-refractivity contribution in [2.24, 2.45) is 5.73 Å². The summed E-state index contributed by atoms with van der Waals surface area (Å²) in [5.74, 6) is 0.926. The van der Waals surface area contributed by atoms with Crippen LogP contribution in [0.4, 0.5) is 0 Å². The smallest absolute Gasteiger partial charge is 0.122 e. The molecule has 2 N–H and O–H groups in total. The second-order valence-electron chi connectivity index (χ2n) is 2.99. The van der Waals surface area contributed by atoms with E-state index < -0.39 is 0 Å². The van der Waals surface area contributed by atoms with Crippen molar-refractivity contribution < 1.29 is 4.74 Å². The van der Waals surface area contributed by atoms with Gasteiger partial charge in [0.05, 0.1) is 7.11 Å². The molecule has 0 aliphatic heterocycles. The molecule has 0 spiro atoms. The molecule has 0 saturated carbocycles. The van der Waals surface area contributed by atoms with Gasteiger partial charge in [0.1, 0.15) is 5.75 Å². The van der Waals surface area contributed by atoms with Crippen molar-refractivity contribution in [2.75, 3.05) is 7.11 Å². The van der Waals surface area contributed by atoms with Crippen molar-refractivity contribution in [1.82, 2.24) is 0 Å². The van der Waals surface area contributed by atoms with Crippen LogP contribution in [0.25, 0.3) is 0 Å². The van der Waals surface area contributed by atoms with E-state index in [2.05, 4.69) is 0 Å². The van der Waals surface area contributed by atoms with Crippen molar-refractivity contribution >= 4 is 0 Å². The van der Waals surface area contributed by atoms with Crippen LogP contribution in [-0.2, 0) is 6.42 Å². The van der Waals surface area contributed by atoms with Crippen LogP contribution in [0.2, 0.25) is 0 Å². The molecular weight excluding hydrogens is 151 g/mol. The van der Waals surface area contributed by atoms with Crippen LogP contribution in [0.15, 0.2) is 24.3 Å². The first-order valence-corrected chi connectivity index (χ1v) is 4.11. The van der Waals surface area contributed by atoms with Crippen molar-refractivity contribution in [2.45, 2.75) is 19.4 Å². The Morgan fingerprint density at radius 1 is 1.42 bits per heavy atom. The molecule has 1 aromatic carbocycles. The molecule has 0 heterocycles. The van der Waals surface area contributed by atoms with E-state index in [9.17, 15) is 0 Å². The Morgan fingerprint density at radius 2 is 2.08 bits per heavy atom. The zero-order valence-electron chi connectivity index (χ0n) is 7.58. The van der Waals surface area contributed by atoms with Crippen LogP contribution in [0.1, 0.15) is 12.5 Å². The maximum Gasteiger partial charge on any atom is 0.122 e. The first kappa shape index (κ1) is 9.07. The minimum absolute atomic E-state index is 0.182. The Kier molecular flexibility index (Phi) is 3.11. The molecule has 1 aromatic rings. The summed E-state index contributed by atoms with van der Waals surface area (Å²) in [6.07, 6.45) is 0.865. The van der Waals surface area contributed by atoms with Gasteiger partial charge in [-0.1, -0.05) is 18.2 Å². The molecule has 12 heavy (non-hydrogen) atoms. The van der Waals surface area contributed by atoms with E-state index in [4.69, 9.17) is 10.5 Å². The fraction of sp³-hybridized carbons (Fsp3) is 0.400. The zero-order chi connectivity index (χ0) is 8.97. The fourth-order valence-electron chi connectivity index (χ4n) is 1.22. The molecule has 0 fully saturated rings. The Labute approximate surface area is 73.3 Å². The van der Waals surface area contributed by atoms with E-state index in [-0.39, 0.29) is 6.04 Å². The van der Waals surface area contributed by atoms with Gasteiger partial charge in [0, 0.05) is 6.04 Å². The Balaban J connectivity index is 2.82. The molecule has 0 radical (unpaired) electrons. The summed E-state index contributed by atoms with van der Waals surface area (Å²) in [4.78, 5) is 0. The molecule has 1 unspecified atom stereocenters. The number of nitrogens with two attached hydrogens (primary N) is 1. The van der Waals surface area contributed by atoms with Crippen LogP contribution < -0.4 is 10.5 Å². The highest BCUT2D eigenvalue weighted by atomic mass is 16.5. The summed E-state index contributed by atoms with van der Waals surface area (Å²) < 4.78 is 5.19. The third-order valence-corrected chi connectivity index (χ3v) is 1.73. The van der Waals surface area contributed by atoms with Crippen LogP contribution >= 0.6 is 0 Å². The lowest BCUT2D eigenvalue weighted by Gasteiger charge is -2.09. The van der Waals surface area contributed by atoms with Crippen LogP contribution in [0, 0.1) is 0 Å². The summed E-state index contributed by atoms with van der Waals surface area (Å²) in [5, 5.41) is 0. The summed E-state index contributed by atoms with van der Waals surface area (Å²) in [6.45, 7) is 1.99. The summed E-state index contributed by atoms with van der Waals surface area (Å²) in [5.41, 5.74) is 6.87. The van der Waals surface area contributed by atoms with Gasteiger partial charge in [0.2, 0.25) is 0 Å². The molecule has 0 saturated heterocycles. The second-order valence-corrected chi connectivity index (χ2v) is 2.99. The highest BCUT2D eigenvalue weighted by Crippen LogP contribution is 2.18. The Morgan fingerprint density at radius 3 is 2.67 bits per heavy atom. The lowest BCUT2D eigenvalue weighted by Crippen LogP contribution is -2.18. The van der Waals surface area contributed by atoms with Crippen molar-refractivity contribution in [1.29, 1.82) is 0 Å². The van der Waals surface area contributed by atoms with Gasteiger partial charge in [-0.25, -0.2) is 0 Å². The number of methoxy groups -OCH3 is 1. The third-order valence-electron chi connectivity index (χ3n) is 1.73. The SMILES string of the molecule is COc1ccc[13cH]c1CC(C)N. The van der Waals surface area contributed by atoms with E-state index >= 15 is 0 Å². The molecule has 0 bridgehead atoms. The predicted molar refractivity (Wildman–Crippen MR) is 50.3 cm³/mol. The highest BCUT2D eigenvalue weighted by Gasteiger charge is 2.02. The predicted octanol–water partition coefficient (Wildman–Crippen LogP) is 1.58. The topological polar surface area (TPSA) is 35.2 Å². The second kappa shape index (κ2) is 4.12. The molecule has 2 heteroatoms. The summed E-state index contributed by atoms with van der Waals surface area (Å²) in [6, 6.07) is 8.14.